The molecule has 2 aliphatic rings. The monoisotopic (exact) mass is 295 g/mol. The Bertz CT molecular complexity index is 370. The van der Waals surface area contributed by atoms with Crippen molar-refractivity contribution in [2.45, 2.75) is 57.7 Å². The lowest BCUT2D eigenvalue weighted by atomic mass is 10.0. The largest absolute Gasteiger partial charge is 0.354 e. The lowest BCUT2D eigenvalue weighted by molar-refractivity contribution is -0.120. The first-order valence-corrected chi connectivity index (χ1v) is 8.09. The first kappa shape index (κ1) is 16.1. The number of hydrogen-bond donors (Lipinski definition) is 3. The van der Waals surface area contributed by atoms with Gasteiger partial charge in [-0.05, 0) is 39.5 Å². The smallest absolute Gasteiger partial charge is 0.239 e. The van der Waals surface area contributed by atoms with Crippen LogP contribution < -0.4 is 16.0 Å². The molecule has 0 bridgehead atoms. The molecule has 1 aliphatic heterocycles. The molecular weight excluding hydrogens is 266 g/mol. The molecule has 0 radical (unpaired) electrons. The Hall–Kier alpha value is -1.30. The van der Waals surface area contributed by atoms with E-state index < -0.39 is 0 Å². The van der Waals surface area contributed by atoms with E-state index in [0.29, 0.717) is 24.7 Å². The van der Waals surface area contributed by atoms with E-state index in [4.69, 9.17) is 0 Å². The molecule has 3 N–H and O–H groups in total. The minimum Gasteiger partial charge on any atom is -0.354 e. The van der Waals surface area contributed by atoms with E-state index in [1.165, 1.54) is 0 Å². The predicted molar refractivity (Wildman–Crippen MR) is 85.4 cm³/mol. The maximum absolute atomic E-state index is 11.7. The molecule has 1 heterocycles. The number of rotatable bonds is 5. The Balaban J connectivity index is 1.66. The van der Waals surface area contributed by atoms with Crippen molar-refractivity contribution in [3.8, 4) is 0 Å². The maximum atomic E-state index is 11.7. The molecule has 1 aliphatic carbocycles. The van der Waals surface area contributed by atoms with E-state index in [9.17, 15) is 4.79 Å². The zero-order valence-corrected chi connectivity index (χ0v) is 13.5. The van der Waals surface area contributed by atoms with Gasteiger partial charge in [-0.15, -0.1) is 0 Å². The number of aliphatic imine (C=N–C) groups is 1. The molecular formula is C15H29N5O. The molecule has 0 spiro atoms. The van der Waals surface area contributed by atoms with Crippen LogP contribution in [0.25, 0.3) is 0 Å². The van der Waals surface area contributed by atoms with Crippen molar-refractivity contribution in [1.82, 2.24) is 20.9 Å². The Kier molecular flexibility index (Phi) is 5.85. The van der Waals surface area contributed by atoms with Crippen LogP contribution in [0.15, 0.2) is 4.99 Å². The van der Waals surface area contributed by atoms with Crippen molar-refractivity contribution in [3.63, 3.8) is 0 Å². The summed E-state index contributed by atoms with van der Waals surface area (Å²) in [6, 6.07) is 1.47. The van der Waals surface area contributed by atoms with Gasteiger partial charge in [-0.2, -0.15) is 0 Å². The van der Waals surface area contributed by atoms with Crippen LogP contribution in [-0.4, -0.2) is 61.6 Å². The second kappa shape index (κ2) is 7.64. The van der Waals surface area contributed by atoms with Crippen LogP contribution in [0.4, 0.5) is 0 Å². The summed E-state index contributed by atoms with van der Waals surface area (Å²) in [5.74, 6) is 0.777. The SMILES string of the molecule is CN=C(NCC(=O)NC1CC1)NC1CCN(C(C)C)CC1. The van der Waals surface area contributed by atoms with Gasteiger partial charge in [0.15, 0.2) is 5.96 Å². The van der Waals surface area contributed by atoms with E-state index in [2.05, 4.69) is 39.7 Å². The van der Waals surface area contributed by atoms with Crippen molar-refractivity contribution in [2.75, 3.05) is 26.7 Å². The van der Waals surface area contributed by atoms with E-state index >= 15 is 0 Å². The number of carbonyl (C=O) groups is 1. The number of nitrogens with zero attached hydrogens (tertiary/aromatic N) is 2. The molecule has 0 aromatic rings. The summed E-state index contributed by atoms with van der Waals surface area (Å²) >= 11 is 0. The van der Waals surface area contributed by atoms with Crippen LogP contribution in [0.5, 0.6) is 0 Å². The zero-order valence-electron chi connectivity index (χ0n) is 13.5. The van der Waals surface area contributed by atoms with Gasteiger partial charge < -0.3 is 20.9 Å². The molecule has 6 heteroatoms. The van der Waals surface area contributed by atoms with Crippen LogP contribution in [-0.2, 0) is 4.79 Å². The summed E-state index contributed by atoms with van der Waals surface area (Å²) in [4.78, 5) is 18.4. The fourth-order valence-corrected chi connectivity index (χ4v) is 2.62. The molecule has 120 valence electrons. The van der Waals surface area contributed by atoms with Gasteiger partial charge in [-0.3, -0.25) is 9.79 Å². The highest BCUT2D eigenvalue weighted by Crippen LogP contribution is 2.18. The van der Waals surface area contributed by atoms with Gasteiger partial charge in [0.2, 0.25) is 5.91 Å². The molecule has 0 aromatic heterocycles. The van der Waals surface area contributed by atoms with Gasteiger partial charge in [0, 0.05) is 38.3 Å². The fraction of sp³-hybridized carbons (Fsp3) is 0.867. The van der Waals surface area contributed by atoms with Gasteiger partial charge in [-0.25, -0.2) is 0 Å². The highest BCUT2D eigenvalue weighted by Gasteiger charge is 2.24. The molecule has 2 fully saturated rings. The third-order valence-electron chi connectivity index (χ3n) is 4.18. The van der Waals surface area contributed by atoms with Gasteiger partial charge in [0.1, 0.15) is 0 Å². The quantitative estimate of drug-likeness (QED) is 0.504. The van der Waals surface area contributed by atoms with Crippen molar-refractivity contribution in [3.05, 3.63) is 0 Å². The van der Waals surface area contributed by atoms with Crippen molar-refractivity contribution >= 4 is 11.9 Å². The molecule has 21 heavy (non-hydrogen) atoms. The van der Waals surface area contributed by atoms with Crippen molar-refractivity contribution in [2.24, 2.45) is 4.99 Å². The third-order valence-corrected chi connectivity index (χ3v) is 4.18. The summed E-state index contributed by atoms with van der Waals surface area (Å²) in [7, 11) is 1.75. The van der Waals surface area contributed by atoms with E-state index in [-0.39, 0.29) is 5.91 Å². The van der Waals surface area contributed by atoms with Gasteiger partial charge in [-0.1, -0.05) is 0 Å². The van der Waals surface area contributed by atoms with Gasteiger partial charge in [0.05, 0.1) is 6.54 Å². The number of hydrogen-bond acceptors (Lipinski definition) is 3. The highest BCUT2D eigenvalue weighted by molar-refractivity contribution is 5.86. The number of likely N-dealkylation sites (tertiary alicyclic amines) is 1. The first-order chi connectivity index (χ1) is 10.1. The minimum atomic E-state index is 0.0510. The Labute approximate surface area is 127 Å². The highest BCUT2D eigenvalue weighted by atomic mass is 16.2. The summed E-state index contributed by atoms with van der Waals surface area (Å²) in [6.45, 7) is 7.02. The third kappa shape index (κ3) is 5.53. The number of piperidine rings is 1. The Morgan fingerprint density at radius 3 is 2.29 bits per heavy atom. The van der Waals surface area contributed by atoms with Crippen molar-refractivity contribution < 1.29 is 4.79 Å². The maximum Gasteiger partial charge on any atom is 0.239 e. The molecule has 0 atom stereocenters. The molecule has 2 rings (SSSR count). The summed E-state index contributed by atoms with van der Waals surface area (Å²) in [5.41, 5.74) is 0. The Morgan fingerprint density at radius 2 is 1.76 bits per heavy atom. The van der Waals surface area contributed by atoms with Gasteiger partial charge >= 0.3 is 0 Å². The Morgan fingerprint density at radius 1 is 1.14 bits per heavy atom. The van der Waals surface area contributed by atoms with Crippen LogP contribution >= 0.6 is 0 Å². The predicted octanol–water partition coefficient (Wildman–Crippen LogP) is 0.303. The minimum absolute atomic E-state index is 0.0510. The van der Waals surface area contributed by atoms with Gasteiger partial charge in [0.25, 0.3) is 0 Å². The first-order valence-electron chi connectivity index (χ1n) is 8.09. The summed E-state index contributed by atoms with van der Waals surface area (Å²) in [5, 5.41) is 9.48. The van der Waals surface area contributed by atoms with Crippen LogP contribution in [0.2, 0.25) is 0 Å². The molecule has 0 aromatic carbocycles. The average Bonchev–Trinajstić information content (AvgIpc) is 3.27. The second-order valence-electron chi connectivity index (χ2n) is 6.32. The lowest BCUT2D eigenvalue weighted by Crippen LogP contribution is -2.51. The molecule has 1 amide bonds. The van der Waals surface area contributed by atoms with Crippen LogP contribution in [0, 0.1) is 0 Å². The number of nitrogens with one attached hydrogen (secondary N) is 3. The van der Waals surface area contributed by atoms with Crippen LogP contribution in [0.3, 0.4) is 0 Å². The number of guanidine groups is 1. The fourth-order valence-electron chi connectivity index (χ4n) is 2.62. The topological polar surface area (TPSA) is 68.8 Å². The summed E-state index contributed by atoms with van der Waals surface area (Å²) in [6.07, 6.45) is 4.47. The van der Waals surface area contributed by atoms with Crippen molar-refractivity contribution in [1.29, 1.82) is 0 Å². The summed E-state index contributed by atoms with van der Waals surface area (Å²) < 4.78 is 0. The normalized spacial score (nSPS) is 21.4. The second-order valence-corrected chi connectivity index (χ2v) is 6.32. The van der Waals surface area contributed by atoms with E-state index in [1.807, 2.05) is 0 Å². The molecule has 0 unspecified atom stereocenters. The number of amides is 1. The van der Waals surface area contributed by atoms with Crippen LogP contribution in [0.1, 0.15) is 39.5 Å². The average molecular weight is 295 g/mol. The zero-order chi connectivity index (χ0) is 15.2. The van der Waals surface area contributed by atoms with E-state index in [0.717, 1.165) is 44.7 Å². The molecule has 6 nitrogen and oxygen atoms in total. The molecule has 1 saturated carbocycles. The number of carbonyl (C=O) groups excluding carboxylic acids is 1. The van der Waals surface area contributed by atoms with E-state index in [1.54, 1.807) is 7.05 Å². The lowest BCUT2D eigenvalue weighted by Gasteiger charge is -2.35. The molecule has 1 saturated heterocycles. The standard InChI is InChI=1S/C15H29N5O/c1-11(2)20-8-6-13(7-9-20)19-15(16-3)17-10-14(21)18-12-4-5-12/h11-13H,4-10H2,1-3H3,(H,18,21)(H2,16,17,19).